The molecule has 98 valence electrons. The third kappa shape index (κ3) is 3.84. The van der Waals surface area contributed by atoms with E-state index in [2.05, 4.69) is 44.7 Å². The molecule has 0 bridgehead atoms. The molecule has 0 radical (unpaired) electrons. The zero-order chi connectivity index (χ0) is 13.1. The van der Waals surface area contributed by atoms with E-state index in [1.807, 2.05) is 0 Å². The summed E-state index contributed by atoms with van der Waals surface area (Å²) in [5.41, 5.74) is 0. The van der Waals surface area contributed by atoms with Crippen molar-refractivity contribution in [2.75, 3.05) is 19.7 Å². The molecule has 1 rings (SSSR count). The van der Waals surface area contributed by atoms with Crippen LogP contribution < -0.4 is 0 Å². The third-order valence-electron chi connectivity index (χ3n) is 4.24. The summed E-state index contributed by atoms with van der Waals surface area (Å²) >= 11 is 0. The summed E-state index contributed by atoms with van der Waals surface area (Å²) in [5, 5.41) is 0.294. The Morgan fingerprint density at radius 1 is 1.41 bits per heavy atom. The highest BCUT2D eigenvalue weighted by Gasteiger charge is 2.38. The smallest absolute Gasteiger partial charge is 0.192 e. The van der Waals surface area contributed by atoms with Crippen molar-refractivity contribution in [2.24, 2.45) is 0 Å². The lowest BCUT2D eigenvalue weighted by molar-refractivity contribution is 0.175. The number of likely N-dealkylation sites (tertiary alicyclic amines) is 1. The monoisotopic (exact) mass is 253 g/mol. The fourth-order valence-corrected chi connectivity index (χ4v) is 2.97. The normalized spacial score (nSPS) is 22.7. The number of hydrogen-bond acceptors (Lipinski definition) is 2. The van der Waals surface area contributed by atoms with Gasteiger partial charge in [-0.15, -0.1) is 6.42 Å². The average molecular weight is 253 g/mol. The number of nitrogens with zero attached hydrogens (tertiary/aromatic N) is 1. The Morgan fingerprint density at radius 3 is 2.59 bits per heavy atom. The summed E-state index contributed by atoms with van der Waals surface area (Å²) in [6, 6.07) is 0.542. The van der Waals surface area contributed by atoms with E-state index >= 15 is 0 Å². The Labute approximate surface area is 108 Å². The van der Waals surface area contributed by atoms with E-state index in [0.717, 1.165) is 19.7 Å². The molecule has 0 unspecified atom stereocenters. The minimum atomic E-state index is -1.60. The predicted molar refractivity (Wildman–Crippen MR) is 76.6 cm³/mol. The number of hydrogen-bond donors (Lipinski definition) is 0. The van der Waals surface area contributed by atoms with Gasteiger partial charge in [-0.25, -0.2) is 0 Å². The topological polar surface area (TPSA) is 12.5 Å². The van der Waals surface area contributed by atoms with Crippen LogP contribution in [0.5, 0.6) is 0 Å². The first-order valence-electron chi connectivity index (χ1n) is 6.59. The highest BCUT2D eigenvalue weighted by atomic mass is 28.4. The lowest BCUT2D eigenvalue weighted by Crippen LogP contribution is -2.44. The van der Waals surface area contributed by atoms with Gasteiger partial charge in [0.25, 0.3) is 0 Å². The maximum atomic E-state index is 6.28. The van der Waals surface area contributed by atoms with Crippen molar-refractivity contribution in [3.05, 3.63) is 0 Å². The number of terminal acetylenes is 1. The van der Waals surface area contributed by atoms with Crippen molar-refractivity contribution in [3.8, 4) is 12.3 Å². The second-order valence-electron chi connectivity index (χ2n) is 6.54. The molecule has 0 aromatic heterocycles. The molecule has 1 fully saturated rings. The molecular formula is C14H27NOSi. The molecule has 0 amide bonds. The van der Waals surface area contributed by atoms with Crippen molar-refractivity contribution >= 4 is 8.32 Å². The Balaban J connectivity index is 2.48. The molecule has 1 aliphatic rings. The minimum absolute atomic E-state index is 0.294. The molecule has 3 heteroatoms. The molecule has 0 saturated carbocycles. The molecule has 1 atom stereocenters. The Morgan fingerprint density at radius 2 is 2.06 bits per heavy atom. The average Bonchev–Trinajstić information content (AvgIpc) is 2.61. The van der Waals surface area contributed by atoms with Crippen LogP contribution in [-0.2, 0) is 4.43 Å². The summed E-state index contributed by atoms with van der Waals surface area (Å²) in [5.74, 6) is 2.75. The van der Waals surface area contributed by atoms with Crippen molar-refractivity contribution in [3.63, 3.8) is 0 Å². The zero-order valence-electron chi connectivity index (χ0n) is 12.0. The molecule has 0 aliphatic carbocycles. The van der Waals surface area contributed by atoms with E-state index in [1.54, 1.807) is 0 Å². The van der Waals surface area contributed by atoms with Crippen LogP contribution in [0.1, 0.15) is 33.6 Å². The van der Waals surface area contributed by atoms with Gasteiger partial charge >= 0.3 is 0 Å². The molecule has 1 aliphatic heterocycles. The summed E-state index contributed by atoms with van der Waals surface area (Å²) < 4.78 is 6.28. The SMILES string of the molecule is C#CCN1CCC[C@@H]1CO[Si](C)(C)C(C)(C)C. The van der Waals surface area contributed by atoms with E-state index in [0.29, 0.717) is 11.1 Å². The van der Waals surface area contributed by atoms with Crippen LogP contribution in [0.3, 0.4) is 0 Å². The van der Waals surface area contributed by atoms with E-state index in [4.69, 9.17) is 10.8 Å². The molecule has 1 heterocycles. The van der Waals surface area contributed by atoms with Gasteiger partial charge in [0.2, 0.25) is 0 Å². The van der Waals surface area contributed by atoms with Crippen LogP contribution in [0.15, 0.2) is 0 Å². The first-order chi connectivity index (χ1) is 7.78. The maximum absolute atomic E-state index is 6.28. The molecule has 0 aromatic rings. The molecule has 17 heavy (non-hydrogen) atoms. The minimum Gasteiger partial charge on any atom is -0.415 e. The quantitative estimate of drug-likeness (QED) is 0.564. The third-order valence-corrected chi connectivity index (χ3v) is 8.74. The first kappa shape index (κ1) is 14.8. The molecule has 0 aromatic carbocycles. The fraction of sp³-hybridized carbons (Fsp3) is 0.857. The van der Waals surface area contributed by atoms with Gasteiger partial charge in [-0.2, -0.15) is 0 Å². The van der Waals surface area contributed by atoms with Crippen LogP contribution in [-0.4, -0.2) is 39.0 Å². The second-order valence-corrected chi connectivity index (χ2v) is 11.4. The Hall–Kier alpha value is -0.303. The second kappa shape index (κ2) is 5.56. The van der Waals surface area contributed by atoms with Crippen molar-refractivity contribution in [2.45, 2.75) is 57.8 Å². The van der Waals surface area contributed by atoms with Crippen LogP contribution >= 0.6 is 0 Å². The summed E-state index contributed by atoms with van der Waals surface area (Å²) in [6.45, 7) is 14.2. The molecule has 2 nitrogen and oxygen atoms in total. The van der Waals surface area contributed by atoms with E-state index in [-0.39, 0.29) is 0 Å². The molecule has 1 saturated heterocycles. The summed E-state index contributed by atoms with van der Waals surface area (Å²) in [4.78, 5) is 2.38. The predicted octanol–water partition coefficient (Wildman–Crippen LogP) is 3.11. The fourth-order valence-electron chi connectivity index (χ4n) is 1.93. The molecule has 0 N–H and O–H groups in total. The van der Waals surface area contributed by atoms with E-state index in [9.17, 15) is 0 Å². The lowest BCUT2D eigenvalue weighted by Gasteiger charge is -2.37. The molecule has 0 spiro atoms. The largest absolute Gasteiger partial charge is 0.415 e. The zero-order valence-corrected chi connectivity index (χ0v) is 13.0. The van der Waals surface area contributed by atoms with Crippen molar-refractivity contribution < 1.29 is 4.43 Å². The van der Waals surface area contributed by atoms with Gasteiger partial charge in [-0.3, -0.25) is 4.90 Å². The number of rotatable bonds is 4. The van der Waals surface area contributed by atoms with Gasteiger partial charge in [-0.1, -0.05) is 26.7 Å². The van der Waals surface area contributed by atoms with Crippen LogP contribution in [0.2, 0.25) is 18.1 Å². The van der Waals surface area contributed by atoms with Gasteiger partial charge in [0, 0.05) is 12.6 Å². The van der Waals surface area contributed by atoms with Gasteiger partial charge < -0.3 is 4.43 Å². The van der Waals surface area contributed by atoms with Crippen molar-refractivity contribution in [1.82, 2.24) is 4.90 Å². The van der Waals surface area contributed by atoms with Crippen LogP contribution in [0.25, 0.3) is 0 Å². The highest BCUT2D eigenvalue weighted by Crippen LogP contribution is 2.37. The maximum Gasteiger partial charge on any atom is 0.192 e. The Bertz CT molecular complexity index is 288. The summed E-state index contributed by atoms with van der Waals surface area (Å²) in [7, 11) is -1.60. The van der Waals surface area contributed by atoms with Crippen molar-refractivity contribution in [1.29, 1.82) is 0 Å². The van der Waals surface area contributed by atoms with E-state index < -0.39 is 8.32 Å². The molecular weight excluding hydrogens is 226 g/mol. The van der Waals surface area contributed by atoms with Gasteiger partial charge in [0.1, 0.15) is 0 Å². The lowest BCUT2D eigenvalue weighted by atomic mass is 10.2. The Kier molecular flexibility index (Phi) is 4.83. The first-order valence-corrected chi connectivity index (χ1v) is 9.50. The van der Waals surface area contributed by atoms with Gasteiger partial charge in [0.15, 0.2) is 8.32 Å². The van der Waals surface area contributed by atoms with E-state index in [1.165, 1.54) is 12.8 Å². The summed E-state index contributed by atoms with van der Waals surface area (Å²) in [6.07, 6.45) is 7.89. The van der Waals surface area contributed by atoms with Crippen LogP contribution in [0, 0.1) is 12.3 Å². The highest BCUT2D eigenvalue weighted by molar-refractivity contribution is 6.74. The van der Waals surface area contributed by atoms with Crippen LogP contribution in [0.4, 0.5) is 0 Å². The van der Waals surface area contributed by atoms with Gasteiger partial charge in [-0.05, 0) is 37.5 Å². The van der Waals surface area contributed by atoms with Gasteiger partial charge in [0.05, 0.1) is 6.54 Å². The standard InChI is InChI=1S/C14H27NOSi/c1-7-10-15-11-8-9-13(15)12-16-17(5,6)14(2,3)4/h1,13H,8-12H2,2-6H3/t13-/m1/s1.